The molecule has 3 aromatic heterocycles. The van der Waals surface area contributed by atoms with Gasteiger partial charge in [-0.05, 0) is 65.6 Å². The molecule has 0 saturated heterocycles. The number of benzene rings is 4. The first-order valence-corrected chi connectivity index (χ1v) is 13.7. The number of anilines is 2. The van der Waals surface area contributed by atoms with Crippen LogP contribution in [0.4, 0.5) is 11.4 Å². The van der Waals surface area contributed by atoms with Gasteiger partial charge in [0.2, 0.25) is 0 Å². The Hall–Kier alpha value is -4.28. The quantitative estimate of drug-likeness (QED) is 0.254. The van der Waals surface area contributed by atoms with E-state index in [0.717, 1.165) is 56.0 Å². The van der Waals surface area contributed by atoms with Gasteiger partial charge in [-0.3, -0.25) is 0 Å². The van der Waals surface area contributed by atoms with Gasteiger partial charge >= 0.3 is 0 Å². The number of fused-ring (bicyclic) bond motifs is 3. The van der Waals surface area contributed by atoms with Gasteiger partial charge in [-0.1, -0.05) is 63.2 Å². The zero-order valence-electron chi connectivity index (χ0n) is 21.5. The lowest BCUT2D eigenvalue weighted by Gasteiger charge is -2.19. The van der Waals surface area contributed by atoms with Gasteiger partial charge in [0.15, 0.2) is 0 Å². The highest BCUT2D eigenvalue weighted by Gasteiger charge is 2.17. The molecular weight excluding hydrogens is 486 g/mol. The molecule has 0 unspecified atom stereocenters. The number of hydrogen-bond acceptors (Lipinski definition) is 4. The summed E-state index contributed by atoms with van der Waals surface area (Å²) in [6, 6.07) is 33.7. The second-order valence-electron chi connectivity index (χ2n) is 10.8. The lowest BCUT2D eigenvalue weighted by molar-refractivity contribution is 0.591. The maximum atomic E-state index is 6.26. The van der Waals surface area contributed by atoms with Gasteiger partial charge in [-0.25, -0.2) is 0 Å². The lowest BCUT2D eigenvalue weighted by atomic mass is 9.86. The summed E-state index contributed by atoms with van der Waals surface area (Å²) in [5.74, 6) is 1.66. The Kier molecular flexibility index (Phi) is 5.20. The Morgan fingerprint density at radius 3 is 1.84 bits per heavy atom. The third-order valence-corrected chi connectivity index (χ3v) is 8.04. The second-order valence-corrected chi connectivity index (χ2v) is 11.7. The van der Waals surface area contributed by atoms with Crippen molar-refractivity contribution in [3.63, 3.8) is 0 Å². The maximum absolute atomic E-state index is 6.26. The van der Waals surface area contributed by atoms with Crippen molar-refractivity contribution in [1.29, 1.82) is 0 Å². The van der Waals surface area contributed by atoms with E-state index in [1.165, 1.54) is 15.6 Å². The van der Waals surface area contributed by atoms with Crippen LogP contribution >= 0.6 is 11.3 Å². The normalized spacial score (nSPS) is 12.1. The van der Waals surface area contributed by atoms with Gasteiger partial charge in [-0.15, -0.1) is 11.3 Å². The van der Waals surface area contributed by atoms with Gasteiger partial charge in [0, 0.05) is 43.1 Å². The standard InChI is InChI=1S/C34H27NO2S/c1-34(2,3)25-12-13-33-27(19-25)28(20-38-33)35-26-15-23(31-17-21-8-4-6-10-29(21)36-31)14-24(16-26)32-18-22-9-5-7-11-30(22)37-32/h4-20,35H,1-3H3. The van der Waals surface area contributed by atoms with Gasteiger partial charge in [0.25, 0.3) is 0 Å². The molecule has 3 heterocycles. The van der Waals surface area contributed by atoms with Crippen LogP contribution in [0.3, 0.4) is 0 Å². The fraction of sp³-hybridized carbons (Fsp3) is 0.118. The van der Waals surface area contributed by atoms with Crippen molar-refractivity contribution in [3.8, 4) is 22.6 Å². The third-order valence-electron chi connectivity index (χ3n) is 7.07. The van der Waals surface area contributed by atoms with Crippen molar-refractivity contribution >= 4 is 54.7 Å². The zero-order chi connectivity index (χ0) is 25.9. The first-order chi connectivity index (χ1) is 18.4. The molecule has 0 fully saturated rings. The highest BCUT2D eigenvalue weighted by atomic mass is 32.1. The van der Waals surface area contributed by atoms with Crippen molar-refractivity contribution in [2.45, 2.75) is 26.2 Å². The van der Waals surface area contributed by atoms with Crippen LogP contribution in [-0.2, 0) is 5.41 Å². The molecule has 1 N–H and O–H groups in total. The maximum Gasteiger partial charge on any atom is 0.135 e. The summed E-state index contributed by atoms with van der Waals surface area (Å²) in [6.45, 7) is 6.76. The third kappa shape index (κ3) is 4.07. The monoisotopic (exact) mass is 513 g/mol. The van der Waals surface area contributed by atoms with Crippen molar-refractivity contribution in [1.82, 2.24) is 0 Å². The molecule has 4 heteroatoms. The number of thiophene rings is 1. The smallest absolute Gasteiger partial charge is 0.135 e. The van der Waals surface area contributed by atoms with E-state index in [1.54, 1.807) is 11.3 Å². The average Bonchev–Trinajstić information content (AvgIpc) is 3.64. The first kappa shape index (κ1) is 22.9. The summed E-state index contributed by atoms with van der Waals surface area (Å²) in [5.41, 5.74) is 7.25. The van der Waals surface area contributed by atoms with E-state index in [4.69, 9.17) is 8.83 Å². The van der Waals surface area contributed by atoms with Gasteiger partial charge < -0.3 is 14.2 Å². The molecule has 0 aliphatic heterocycles. The summed E-state index contributed by atoms with van der Waals surface area (Å²) in [4.78, 5) is 0. The molecule has 0 radical (unpaired) electrons. The fourth-order valence-corrected chi connectivity index (χ4v) is 5.85. The van der Waals surface area contributed by atoms with E-state index in [2.05, 4.69) is 92.1 Å². The van der Waals surface area contributed by atoms with Gasteiger partial charge in [-0.2, -0.15) is 0 Å². The van der Waals surface area contributed by atoms with Crippen LogP contribution in [0.15, 0.2) is 111 Å². The largest absolute Gasteiger partial charge is 0.456 e. The fourth-order valence-electron chi connectivity index (χ4n) is 4.98. The van der Waals surface area contributed by atoms with Crippen LogP contribution in [0.25, 0.3) is 54.7 Å². The molecule has 0 spiro atoms. The molecule has 0 saturated carbocycles. The molecule has 0 aliphatic carbocycles. The molecular formula is C34H27NO2S. The molecule has 38 heavy (non-hydrogen) atoms. The van der Waals surface area contributed by atoms with Crippen LogP contribution in [0, 0.1) is 0 Å². The highest BCUT2D eigenvalue weighted by molar-refractivity contribution is 7.17. The zero-order valence-corrected chi connectivity index (χ0v) is 22.4. The van der Waals surface area contributed by atoms with E-state index in [0.29, 0.717) is 0 Å². The minimum Gasteiger partial charge on any atom is -0.456 e. The summed E-state index contributed by atoms with van der Waals surface area (Å²) >= 11 is 1.76. The van der Waals surface area contributed by atoms with Crippen LogP contribution in [0.5, 0.6) is 0 Å². The summed E-state index contributed by atoms with van der Waals surface area (Å²) in [6.07, 6.45) is 0. The topological polar surface area (TPSA) is 38.3 Å². The van der Waals surface area contributed by atoms with Crippen LogP contribution < -0.4 is 5.32 Å². The summed E-state index contributed by atoms with van der Waals surface area (Å²) in [7, 11) is 0. The predicted molar refractivity (Wildman–Crippen MR) is 161 cm³/mol. The van der Waals surface area contributed by atoms with E-state index in [9.17, 15) is 0 Å². The second kappa shape index (κ2) is 8.64. The number of hydrogen-bond donors (Lipinski definition) is 1. The number of furan rings is 2. The van der Waals surface area contributed by atoms with E-state index >= 15 is 0 Å². The van der Waals surface area contributed by atoms with Crippen LogP contribution in [0.2, 0.25) is 0 Å². The predicted octanol–water partition coefficient (Wildman–Crippen LogP) is 10.8. The van der Waals surface area contributed by atoms with Crippen molar-refractivity contribution in [3.05, 3.63) is 108 Å². The molecule has 186 valence electrons. The number of para-hydroxylation sites is 2. The number of nitrogens with one attached hydrogen (secondary N) is 1. The SMILES string of the molecule is CC(C)(C)c1ccc2scc(Nc3cc(-c4cc5ccccc5o4)cc(-c4cc5ccccc5o4)c3)c2c1. The van der Waals surface area contributed by atoms with Crippen molar-refractivity contribution < 1.29 is 8.83 Å². The summed E-state index contributed by atoms with van der Waals surface area (Å²) < 4.78 is 13.8. The molecule has 7 aromatic rings. The molecule has 7 rings (SSSR count). The number of rotatable bonds is 4. The average molecular weight is 514 g/mol. The molecule has 3 nitrogen and oxygen atoms in total. The van der Waals surface area contributed by atoms with E-state index < -0.39 is 0 Å². The molecule has 4 aromatic carbocycles. The van der Waals surface area contributed by atoms with Crippen LogP contribution in [-0.4, -0.2) is 0 Å². The van der Waals surface area contributed by atoms with E-state index in [-0.39, 0.29) is 5.41 Å². The molecule has 0 amide bonds. The first-order valence-electron chi connectivity index (χ1n) is 12.8. The Labute approximate surface area is 225 Å². The molecule has 0 bridgehead atoms. The highest BCUT2D eigenvalue weighted by Crippen LogP contribution is 2.39. The summed E-state index contributed by atoms with van der Waals surface area (Å²) in [5, 5.41) is 9.33. The lowest BCUT2D eigenvalue weighted by Crippen LogP contribution is -2.10. The van der Waals surface area contributed by atoms with Crippen molar-refractivity contribution in [2.24, 2.45) is 0 Å². The molecule has 0 atom stereocenters. The Morgan fingerprint density at radius 2 is 1.26 bits per heavy atom. The van der Waals surface area contributed by atoms with Crippen molar-refractivity contribution in [2.75, 3.05) is 5.32 Å². The minimum absolute atomic E-state index is 0.0864. The van der Waals surface area contributed by atoms with Crippen LogP contribution in [0.1, 0.15) is 26.3 Å². The Bertz CT molecular complexity index is 1790. The Balaban J connectivity index is 1.37. The minimum atomic E-state index is 0.0864. The van der Waals surface area contributed by atoms with Gasteiger partial charge in [0.1, 0.15) is 22.7 Å². The Morgan fingerprint density at radius 1 is 0.658 bits per heavy atom. The molecule has 0 aliphatic rings. The van der Waals surface area contributed by atoms with E-state index in [1.807, 2.05) is 36.4 Å². The van der Waals surface area contributed by atoms with Gasteiger partial charge in [0.05, 0.1) is 5.69 Å².